The number of carbonyl (C=O) groups excluding carboxylic acids is 1. The van der Waals surface area contributed by atoms with Crippen molar-refractivity contribution in [2.24, 2.45) is 0 Å². The van der Waals surface area contributed by atoms with E-state index in [1.165, 1.54) is 24.4 Å². The highest BCUT2D eigenvalue weighted by atomic mass is 19.1. The molecule has 2 heterocycles. The zero-order valence-corrected chi connectivity index (χ0v) is 14.5. The van der Waals surface area contributed by atoms with Crippen molar-refractivity contribution >= 4 is 23.1 Å². The second-order valence-electron chi connectivity index (χ2n) is 5.97. The van der Waals surface area contributed by atoms with Crippen molar-refractivity contribution in [3.8, 4) is 11.5 Å². The number of anilines is 3. The first kappa shape index (κ1) is 17.7. The molecule has 8 heteroatoms. The van der Waals surface area contributed by atoms with Crippen molar-refractivity contribution in [2.45, 2.75) is 0 Å². The first-order valence-corrected chi connectivity index (χ1v) is 8.48. The standard InChI is InChI=1S/C20H15F2N3O3/c21-14-2-1-3-15(22)19(14)25-18-7-4-12(11-23-18)20(26)24-13-5-6-16-17(10-13)28-9-8-27-16/h1-7,10-11H,8-9H2,(H,23,25)(H,24,26). The average molecular weight is 383 g/mol. The van der Waals surface area contributed by atoms with E-state index in [1.54, 1.807) is 18.2 Å². The number of carbonyl (C=O) groups is 1. The van der Waals surface area contributed by atoms with Crippen LogP contribution in [0.5, 0.6) is 11.5 Å². The summed E-state index contributed by atoms with van der Waals surface area (Å²) in [5, 5.41) is 5.31. The molecule has 0 radical (unpaired) electrons. The summed E-state index contributed by atoms with van der Waals surface area (Å²) < 4.78 is 38.3. The minimum absolute atomic E-state index is 0.208. The lowest BCUT2D eigenvalue weighted by molar-refractivity contribution is 0.102. The van der Waals surface area contributed by atoms with Gasteiger partial charge in [-0.1, -0.05) is 6.07 Å². The maximum absolute atomic E-state index is 13.7. The van der Waals surface area contributed by atoms with Gasteiger partial charge in [-0.05, 0) is 36.4 Å². The number of amides is 1. The van der Waals surface area contributed by atoms with Crippen LogP contribution >= 0.6 is 0 Å². The van der Waals surface area contributed by atoms with Gasteiger partial charge in [-0.3, -0.25) is 4.79 Å². The fourth-order valence-corrected chi connectivity index (χ4v) is 2.67. The number of benzene rings is 2. The van der Waals surface area contributed by atoms with E-state index in [-0.39, 0.29) is 23.0 Å². The number of aromatic nitrogens is 1. The second kappa shape index (κ2) is 7.51. The second-order valence-corrected chi connectivity index (χ2v) is 5.97. The number of nitrogens with zero attached hydrogens (tertiary/aromatic N) is 1. The average Bonchev–Trinajstić information content (AvgIpc) is 2.71. The molecule has 1 amide bonds. The molecule has 2 N–H and O–H groups in total. The van der Waals surface area contributed by atoms with Crippen molar-refractivity contribution in [3.05, 3.63) is 71.9 Å². The maximum atomic E-state index is 13.7. The fourth-order valence-electron chi connectivity index (χ4n) is 2.67. The Labute approximate surface area is 159 Å². The van der Waals surface area contributed by atoms with Crippen molar-refractivity contribution in [2.75, 3.05) is 23.8 Å². The molecular weight excluding hydrogens is 368 g/mol. The van der Waals surface area contributed by atoms with Crippen LogP contribution in [0.1, 0.15) is 10.4 Å². The van der Waals surface area contributed by atoms with Gasteiger partial charge in [-0.15, -0.1) is 0 Å². The number of halogens is 2. The third-order valence-corrected chi connectivity index (χ3v) is 4.04. The highest BCUT2D eigenvalue weighted by molar-refractivity contribution is 6.04. The predicted octanol–water partition coefficient (Wildman–Crippen LogP) is 4.13. The van der Waals surface area contributed by atoms with E-state index < -0.39 is 11.6 Å². The van der Waals surface area contributed by atoms with Gasteiger partial charge in [0.2, 0.25) is 0 Å². The molecule has 6 nitrogen and oxygen atoms in total. The molecule has 1 aliphatic rings. The summed E-state index contributed by atoms with van der Waals surface area (Å²) in [6, 6.07) is 11.6. The summed E-state index contributed by atoms with van der Waals surface area (Å²) >= 11 is 0. The van der Waals surface area contributed by atoms with Crippen LogP contribution in [0.2, 0.25) is 0 Å². The van der Waals surface area contributed by atoms with Crippen LogP contribution in [0.4, 0.5) is 26.0 Å². The Hall–Kier alpha value is -3.68. The Balaban J connectivity index is 1.45. The van der Waals surface area contributed by atoms with Gasteiger partial charge in [0.1, 0.15) is 36.4 Å². The monoisotopic (exact) mass is 383 g/mol. The number of nitrogens with one attached hydrogen (secondary N) is 2. The van der Waals surface area contributed by atoms with Gasteiger partial charge in [0, 0.05) is 18.0 Å². The van der Waals surface area contributed by atoms with E-state index >= 15 is 0 Å². The van der Waals surface area contributed by atoms with Gasteiger partial charge in [0.05, 0.1) is 5.56 Å². The smallest absolute Gasteiger partial charge is 0.257 e. The molecule has 0 fully saturated rings. The molecule has 4 rings (SSSR count). The lowest BCUT2D eigenvalue weighted by Crippen LogP contribution is -2.16. The van der Waals surface area contributed by atoms with E-state index in [2.05, 4.69) is 15.6 Å². The van der Waals surface area contributed by atoms with E-state index in [9.17, 15) is 13.6 Å². The quantitative estimate of drug-likeness (QED) is 0.709. The van der Waals surface area contributed by atoms with Crippen molar-refractivity contribution in [3.63, 3.8) is 0 Å². The van der Waals surface area contributed by atoms with E-state index in [0.717, 1.165) is 12.1 Å². The summed E-state index contributed by atoms with van der Waals surface area (Å²) in [4.78, 5) is 16.4. The Morgan fingerprint density at radius 2 is 1.71 bits per heavy atom. The zero-order chi connectivity index (χ0) is 19.5. The summed E-state index contributed by atoms with van der Waals surface area (Å²) in [5.74, 6) is -0.451. The molecule has 0 atom stereocenters. The highest BCUT2D eigenvalue weighted by Gasteiger charge is 2.14. The number of rotatable bonds is 4. The van der Waals surface area contributed by atoms with Crippen LogP contribution in [-0.4, -0.2) is 24.1 Å². The largest absolute Gasteiger partial charge is 0.486 e. The molecule has 0 spiro atoms. The third-order valence-electron chi connectivity index (χ3n) is 4.04. The fraction of sp³-hybridized carbons (Fsp3) is 0.100. The number of pyridine rings is 1. The number of para-hydroxylation sites is 1. The minimum Gasteiger partial charge on any atom is -0.486 e. The molecule has 0 bridgehead atoms. The maximum Gasteiger partial charge on any atom is 0.257 e. The van der Waals surface area contributed by atoms with Gasteiger partial charge in [-0.2, -0.15) is 0 Å². The molecule has 0 saturated heterocycles. The lowest BCUT2D eigenvalue weighted by Gasteiger charge is -2.19. The first-order chi connectivity index (χ1) is 13.6. The zero-order valence-electron chi connectivity index (χ0n) is 14.5. The molecule has 0 aliphatic carbocycles. The summed E-state index contributed by atoms with van der Waals surface area (Å²) in [7, 11) is 0. The van der Waals surface area contributed by atoms with Crippen LogP contribution in [0.15, 0.2) is 54.7 Å². The molecule has 142 valence electrons. The van der Waals surface area contributed by atoms with Crippen molar-refractivity contribution in [1.29, 1.82) is 0 Å². The Morgan fingerprint density at radius 3 is 2.43 bits per heavy atom. The molecule has 0 unspecified atom stereocenters. The van der Waals surface area contributed by atoms with E-state index in [0.29, 0.717) is 30.4 Å². The first-order valence-electron chi connectivity index (χ1n) is 8.48. The molecule has 28 heavy (non-hydrogen) atoms. The van der Waals surface area contributed by atoms with Crippen LogP contribution < -0.4 is 20.1 Å². The Morgan fingerprint density at radius 1 is 0.964 bits per heavy atom. The molecule has 0 saturated carbocycles. The van der Waals surface area contributed by atoms with Gasteiger partial charge in [-0.25, -0.2) is 13.8 Å². The SMILES string of the molecule is O=C(Nc1ccc2c(c1)OCCO2)c1ccc(Nc2c(F)cccc2F)nc1. The Kier molecular flexibility index (Phi) is 4.76. The van der Waals surface area contributed by atoms with Crippen LogP contribution in [0.3, 0.4) is 0 Å². The number of ether oxygens (including phenoxy) is 2. The topological polar surface area (TPSA) is 72.5 Å². The van der Waals surface area contributed by atoms with Crippen LogP contribution in [0.25, 0.3) is 0 Å². The number of hydrogen-bond acceptors (Lipinski definition) is 5. The van der Waals surface area contributed by atoms with Gasteiger partial charge in [0.15, 0.2) is 11.5 Å². The van der Waals surface area contributed by atoms with Crippen LogP contribution in [-0.2, 0) is 0 Å². The Bertz CT molecular complexity index is 1010. The number of hydrogen-bond donors (Lipinski definition) is 2. The van der Waals surface area contributed by atoms with Gasteiger partial charge < -0.3 is 20.1 Å². The molecule has 1 aliphatic heterocycles. The van der Waals surface area contributed by atoms with Gasteiger partial charge >= 0.3 is 0 Å². The molecule has 3 aromatic rings. The van der Waals surface area contributed by atoms with E-state index in [4.69, 9.17) is 9.47 Å². The predicted molar refractivity (Wildman–Crippen MR) is 99.3 cm³/mol. The van der Waals surface area contributed by atoms with Crippen LogP contribution in [0, 0.1) is 11.6 Å². The number of fused-ring (bicyclic) bond motifs is 1. The van der Waals surface area contributed by atoms with Gasteiger partial charge in [0.25, 0.3) is 5.91 Å². The lowest BCUT2D eigenvalue weighted by atomic mass is 10.2. The highest BCUT2D eigenvalue weighted by Crippen LogP contribution is 2.32. The third kappa shape index (κ3) is 3.71. The normalized spacial score (nSPS) is 12.4. The molecule has 1 aromatic heterocycles. The summed E-state index contributed by atoms with van der Waals surface area (Å²) in [5.41, 5.74) is 0.530. The summed E-state index contributed by atoms with van der Waals surface area (Å²) in [6.07, 6.45) is 1.31. The van der Waals surface area contributed by atoms with Crippen molar-refractivity contribution in [1.82, 2.24) is 4.98 Å². The van der Waals surface area contributed by atoms with E-state index in [1.807, 2.05) is 0 Å². The molecule has 2 aromatic carbocycles. The molecular formula is C20H15F2N3O3. The minimum atomic E-state index is -0.734. The van der Waals surface area contributed by atoms with Crippen molar-refractivity contribution < 1.29 is 23.0 Å². The summed E-state index contributed by atoms with van der Waals surface area (Å²) in [6.45, 7) is 0.937.